The number of benzene rings is 1. The molecule has 1 aromatic rings. The Kier molecular flexibility index (Phi) is 6.49. The van der Waals surface area contributed by atoms with Crippen LogP contribution in [0.25, 0.3) is 0 Å². The normalized spacial score (nSPS) is 13.4. The van der Waals surface area contributed by atoms with Crippen molar-refractivity contribution in [3.63, 3.8) is 0 Å². The summed E-state index contributed by atoms with van der Waals surface area (Å²) in [6, 6.07) is 5.89. The van der Waals surface area contributed by atoms with Gasteiger partial charge < -0.3 is 20.6 Å². The van der Waals surface area contributed by atoms with Crippen molar-refractivity contribution in [2.75, 3.05) is 25.6 Å². The summed E-state index contributed by atoms with van der Waals surface area (Å²) in [6.07, 6.45) is 0. The molecule has 0 aliphatic carbocycles. The van der Waals surface area contributed by atoms with Crippen molar-refractivity contribution in [2.45, 2.75) is 33.4 Å². The molecule has 3 N–H and O–H groups in total. The van der Waals surface area contributed by atoms with Gasteiger partial charge in [-0.2, -0.15) is 0 Å². The maximum atomic E-state index is 11.9. The fraction of sp³-hybridized carbons (Fsp3) is 0.562. The molecule has 0 aliphatic rings. The average molecular weight is 293 g/mol. The summed E-state index contributed by atoms with van der Waals surface area (Å²) in [5, 5.41) is 14.8. The minimum atomic E-state index is -0.215. The first-order valence-corrected chi connectivity index (χ1v) is 7.27. The molecule has 5 nitrogen and oxygen atoms in total. The summed E-state index contributed by atoms with van der Waals surface area (Å²) in [7, 11) is 3.98. The molecule has 21 heavy (non-hydrogen) atoms. The Hall–Kier alpha value is -1.75. The van der Waals surface area contributed by atoms with Crippen LogP contribution in [-0.2, 0) is 6.54 Å². The molecule has 0 fully saturated rings. The highest BCUT2D eigenvalue weighted by atomic mass is 16.3. The van der Waals surface area contributed by atoms with Gasteiger partial charge in [-0.05, 0) is 37.0 Å². The zero-order valence-corrected chi connectivity index (χ0v) is 13.6. The monoisotopic (exact) mass is 293 g/mol. The van der Waals surface area contributed by atoms with E-state index in [1.54, 1.807) is 0 Å². The molecule has 0 bridgehead atoms. The molecule has 1 rings (SSSR count). The maximum absolute atomic E-state index is 11.9. The molecule has 0 aliphatic heterocycles. The predicted molar refractivity (Wildman–Crippen MR) is 86.6 cm³/mol. The summed E-state index contributed by atoms with van der Waals surface area (Å²) in [5.41, 5.74) is 3.37. The van der Waals surface area contributed by atoms with Gasteiger partial charge in [0.05, 0.1) is 0 Å². The number of nitrogens with zero attached hydrogens (tertiary/aromatic N) is 1. The number of aliphatic hydroxyl groups excluding tert-OH is 1. The van der Waals surface area contributed by atoms with Gasteiger partial charge in [-0.1, -0.05) is 19.1 Å². The Morgan fingerprint density at radius 3 is 2.57 bits per heavy atom. The Labute approximate surface area is 127 Å². The summed E-state index contributed by atoms with van der Waals surface area (Å²) in [5.74, 6) is 0.0347. The summed E-state index contributed by atoms with van der Waals surface area (Å²) >= 11 is 0. The van der Waals surface area contributed by atoms with Gasteiger partial charge in [-0.15, -0.1) is 0 Å². The highest BCUT2D eigenvalue weighted by molar-refractivity contribution is 5.74. The summed E-state index contributed by atoms with van der Waals surface area (Å²) in [4.78, 5) is 13.9. The van der Waals surface area contributed by atoms with Crippen molar-refractivity contribution in [3.8, 4) is 0 Å². The van der Waals surface area contributed by atoms with Crippen LogP contribution in [0, 0.1) is 12.8 Å². The zero-order valence-electron chi connectivity index (χ0n) is 13.6. The average Bonchev–Trinajstić information content (AvgIpc) is 2.44. The lowest BCUT2D eigenvalue weighted by atomic mass is 10.1. The van der Waals surface area contributed by atoms with Crippen LogP contribution in [0.15, 0.2) is 18.2 Å². The van der Waals surface area contributed by atoms with Gasteiger partial charge in [0.15, 0.2) is 0 Å². The van der Waals surface area contributed by atoms with E-state index >= 15 is 0 Å². The Balaban J connectivity index is 2.61. The van der Waals surface area contributed by atoms with Crippen molar-refractivity contribution in [1.29, 1.82) is 0 Å². The number of carbonyl (C=O) groups is 1. The molecule has 1 aromatic carbocycles. The van der Waals surface area contributed by atoms with Crippen LogP contribution in [0.1, 0.15) is 25.0 Å². The highest BCUT2D eigenvalue weighted by Crippen LogP contribution is 2.20. The number of aliphatic hydroxyl groups is 1. The summed E-state index contributed by atoms with van der Waals surface area (Å²) in [6.45, 7) is 6.37. The van der Waals surface area contributed by atoms with Crippen LogP contribution in [0.3, 0.4) is 0 Å². The molecule has 0 aromatic heterocycles. The van der Waals surface area contributed by atoms with E-state index in [0.717, 1.165) is 11.3 Å². The van der Waals surface area contributed by atoms with E-state index in [4.69, 9.17) is 5.11 Å². The molecule has 0 saturated carbocycles. The maximum Gasteiger partial charge on any atom is 0.315 e. The molecule has 0 heterocycles. The molecule has 0 spiro atoms. The lowest BCUT2D eigenvalue weighted by Gasteiger charge is -2.21. The van der Waals surface area contributed by atoms with Gasteiger partial charge >= 0.3 is 6.03 Å². The van der Waals surface area contributed by atoms with Gasteiger partial charge in [0.25, 0.3) is 0 Å². The minimum Gasteiger partial charge on any atom is -0.396 e. The molecular weight excluding hydrogens is 266 g/mol. The number of anilines is 1. The largest absolute Gasteiger partial charge is 0.396 e. The first-order valence-electron chi connectivity index (χ1n) is 7.27. The third-order valence-electron chi connectivity index (χ3n) is 3.66. The Bertz CT molecular complexity index is 475. The van der Waals surface area contributed by atoms with E-state index in [9.17, 15) is 4.79 Å². The van der Waals surface area contributed by atoms with E-state index in [1.807, 2.05) is 45.0 Å². The molecule has 0 saturated heterocycles. The number of aryl methyl sites for hydroxylation is 1. The van der Waals surface area contributed by atoms with Gasteiger partial charge in [0, 0.05) is 39.0 Å². The molecular formula is C16H27N3O2. The standard InChI is InChI=1S/C16H27N3O2/c1-11-6-7-14(15(8-11)19(4)5)9-17-16(21)18-13(3)12(2)10-20/h6-8,12-13,20H,9-10H2,1-5H3,(H2,17,18,21). The van der Waals surface area contributed by atoms with E-state index < -0.39 is 0 Å². The third kappa shape index (κ3) is 5.27. The summed E-state index contributed by atoms with van der Waals surface area (Å²) < 4.78 is 0. The van der Waals surface area contributed by atoms with Gasteiger partial charge in [0.1, 0.15) is 0 Å². The van der Waals surface area contributed by atoms with E-state index in [-0.39, 0.29) is 24.6 Å². The quantitative estimate of drug-likeness (QED) is 0.750. The minimum absolute atomic E-state index is 0.0347. The molecule has 2 unspecified atom stereocenters. The molecule has 5 heteroatoms. The molecule has 118 valence electrons. The van der Waals surface area contributed by atoms with Crippen LogP contribution < -0.4 is 15.5 Å². The van der Waals surface area contributed by atoms with E-state index in [1.165, 1.54) is 5.56 Å². The number of rotatable bonds is 6. The Morgan fingerprint density at radius 2 is 2.00 bits per heavy atom. The second-order valence-corrected chi connectivity index (χ2v) is 5.80. The lowest BCUT2D eigenvalue weighted by molar-refractivity contribution is 0.200. The fourth-order valence-corrected chi connectivity index (χ4v) is 1.97. The first kappa shape index (κ1) is 17.3. The third-order valence-corrected chi connectivity index (χ3v) is 3.66. The van der Waals surface area contributed by atoms with Crippen LogP contribution >= 0.6 is 0 Å². The molecule has 0 radical (unpaired) electrons. The van der Waals surface area contributed by atoms with Crippen molar-refractivity contribution in [1.82, 2.24) is 10.6 Å². The van der Waals surface area contributed by atoms with Gasteiger partial charge in [-0.3, -0.25) is 0 Å². The van der Waals surface area contributed by atoms with Crippen molar-refractivity contribution in [3.05, 3.63) is 29.3 Å². The molecule has 2 atom stereocenters. The SMILES string of the molecule is Cc1ccc(CNC(=O)NC(C)C(C)CO)c(N(C)C)c1. The van der Waals surface area contributed by atoms with E-state index in [0.29, 0.717) is 6.54 Å². The predicted octanol–water partition coefficient (Wildman–Crippen LogP) is 1.88. The smallest absolute Gasteiger partial charge is 0.315 e. The van der Waals surface area contributed by atoms with E-state index in [2.05, 4.69) is 23.6 Å². The number of hydrogen-bond acceptors (Lipinski definition) is 3. The van der Waals surface area contributed by atoms with Crippen LogP contribution in [0.4, 0.5) is 10.5 Å². The second-order valence-electron chi connectivity index (χ2n) is 5.80. The van der Waals surface area contributed by atoms with Crippen LogP contribution in [0.5, 0.6) is 0 Å². The number of urea groups is 1. The Morgan fingerprint density at radius 1 is 1.33 bits per heavy atom. The number of amides is 2. The van der Waals surface area contributed by atoms with Gasteiger partial charge in [0.2, 0.25) is 0 Å². The highest BCUT2D eigenvalue weighted by Gasteiger charge is 2.14. The second kappa shape index (κ2) is 7.88. The van der Waals surface area contributed by atoms with Crippen molar-refractivity contribution >= 4 is 11.7 Å². The zero-order chi connectivity index (χ0) is 16.0. The molecule has 2 amide bonds. The number of hydrogen-bond donors (Lipinski definition) is 3. The van der Waals surface area contributed by atoms with Gasteiger partial charge in [-0.25, -0.2) is 4.79 Å². The topological polar surface area (TPSA) is 64.6 Å². The van der Waals surface area contributed by atoms with Crippen molar-refractivity contribution in [2.24, 2.45) is 5.92 Å². The lowest BCUT2D eigenvalue weighted by Crippen LogP contribution is -2.44. The fourth-order valence-electron chi connectivity index (χ4n) is 1.97. The van der Waals surface area contributed by atoms with Crippen LogP contribution in [0.2, 0.25) is 0 Å². The van der Waals surface area contributed by atoms with Crippen LogP contribution in [-0.4, -0.2) is 37.9 Å². The number of nitrogens with one attached hydrogen (secondary N) is 2. The first-order chi connectivity index (χ1) is 9.85. The number of carbonyl (C=O) groups excluding carboxylic acids is 1. The van der Waals surface area contributed by atoms with Crippen molar-refractivity contribution < 1.29 is 9.90 Å².